The number of carbonyl (C=O) groups is 1. The summed E-state index contributed by atoms with van der Waals surface area (Å²) < 4.78 is 0. The maximum Gasteiger partial charge on any atom is 0.253 e. The quantitative estimate of drug-likeness (QED) is 0.662. The summed E-state index contributed by atoms with van der Waals surface area (Å²) >= 11 is 0. The summed E-state index contributed by atoms with van der Waals surface area (Å²) in [5.74, 6) is 0.348. The van der Waals surface area contributed by atoms with Gasteiger partial charge >= 0.3 is 0 Å². The Morgan fingerprint density at radius 2 is 1.81 bits per heavy atom. The van der Waals surface area contributed by atoms with Crippen molar-refractivity contribution in [1.29, 1.82) is 0 Å². The van der Waals surface area contributed by atoms with Gasteiger partial charge in [0.2, 0.25) is 0 Å². The van der Waals surface area contributed by atoms with Crippen LogP contribution in [0.25, 0.3) is 0 Å². The molecule has 5 heteroatoms. The van der Waals surface area contributed by atoms with Crippen LogP contribution in [0.5, 0.6) is 5.75 Å². The average molecular weight is 434 g/mol. The number of carbonyl (C=O) groups excluding carboxylic acids is 1. The van der Waals surface area contributed by atoms with Gasteiger partial charge in [-0.1, -0.05) is 30.3 Å². The van der Waals surface area contributed by atoms with E-state index in [1.54, 1.807) is 6.07 Å². The number of piperazine rings is 1. The van der Waals surface area contributed by atoms with Crippen molar-refractivity contribution >= 4 is 5.91 Å². The van der Waals surface area contributed by atoms with E-state index in [1.165, 1.54) is 0 Å². The molecule has 1 saturated carbocycles. The molecule has 1 saturated heterocycles. The highest BCUT2D eigenvalue weighted by Crippen LogP contribution is 2.35. The van der Waals surface area contributed by atoms with Crippen LogP contribution in [0.1, 0.15) is 54.2 Å². The van der Waals surface area contributed by atoms with Gasteiger partial charge in [0.05, 0.1) is 6.04 Å². The average Bonchev–Trinajstić information content (AvgIpc) is 3.62. The first-order valence-corrected chi connectivity index (χ1v) is 11.7. The van der Waals surface area contributed by atoms with E-state index in [1.807, 2.05) is 48.4 Å². The minimum atomic E-state index is -0.0376. The molecule has 0 bridgehead atoms. The van der Waals surface area contributed by atoms with Crippen LogP contribution in [0.4, 0.5) is 0 Å². The molecule has 3 atom stereocenters. The SMILES string of the molecule is C=CCN1C[C@H](C)N([C@@H](c2cccc(O)c2)c2cccc(C(=O)N(C)C3CC3)c2)C[C@H]1C. The maximum absolute atomic E-state index is 13.1. The third-order valence-electron chi connectivity index (χ3n) is 6.91. The summed E-state index contributed by atoms with van der Waals surface area (Å²) in [5, 5.41) is 10.2. The number of hydrogen-bond acceptors (Lipinski definition) is 4. The Balaban J connectivity index is 1.70. The van der Waals surface area contributed by atoms with E-state index < -0.39 is 0 Å². The fourth-order valence-corrected chi connectivity index (χ4v) is 4.95. The normalized spacial score (nSPS) is 23.0. The first kappa shape index (κ1) is 22.6. The van der Waals surface area contributed by atoms with Crippen molar-refractivity contribution in [2.24, 2.45) is 0 Å². The number of phenols is 1. The predicted octanol–water partition coefficient (Wildman–Crippen LogP) is 4.30. The summed E-state index contributed by atoms with van der Waals surface area (Å²) in [5.41, 5.74) is 2.86. The second-order valence-corrected chi connectivity index (χ2v) is 9.41. The highest BCUT2D eigenvalue weighted by atomic mass is 16.3. The van der Waals surface area contributed by atoms with E-state index in [0.717, 1.165) is 49.2 Å². The van der Waals surface area contributed by atoms with Crippen molar-refractivity contribution in [2.45, 2.75) is 50.9 Å². The van der Waals surface area contributed by atoms with Crippen molar-refractivity contribution in [3.8, 4) is 5.75 Å². The molecule has 1 aliphatic carbocycles. The zero-order valence-electron chi connectivity index (χ0n) is 19.4. The summed E-state index contributed by atoms with van der Waals surface area (Å²) in [4.78, 5) is 19.9. The largest absolute Gasteiger partial charge is 0.508 e. The van der Waals surface area contributed by atoms with Crippen molar-refractivity contribution < 1.29 is 9.90 Å². The first-order chi connectivity index (χ1) is 15.4. The molecule has 32 heavy (non-hydrogen) atoms. The molecule has 0 spiro atoms. The monoisotopic (exact) mass is 433 g/mol. The molecule has 4 rings (SSSR count). The number of aromatic hydroxyl groups is 1. The Morgan fingerprint density at radius 1 is 1.12 bits per heavy atom. The van der Waals surface area contributed by atoms with E-state index in [-0.39, 0.29) is 17.7 Å². The van der Waals surface area contributed by atoms with E-state index >= 15 is 0 Å². The van der Waals surface area contributed by atoms with Crippen LogP contribution < -0.4 is 0 Å². The maximum atomic E-state index is 13.1. The van der Waals surface area contributed by atoms with Crippen molar-refractivity contribution in [3.05, 3.63) is 77.9 Å². The fraction of sp³-hybridized carbons (Fsp3) is 0.444. The zero-order chi connectivity index (χ0) is 22.8. The lowest BCUT2D eigenvalue weighted by Crippen LogP contribution is -2.57. The van der Waals surface area contributed by atoms with Gasteiger partial charge in [0, 0.05) is 50.4 Å². The smallest absolute Gasteiger partial charge is 0.253 e. The number of amides is 1. The Labute approximate surface area is 191 Å². The molecule has 2 aliphatic rings. The molecule has 2 aromatic carbocycles. The molecular weight excluding hydrogens is 398 g/mol. The van der Waals surface area contributed by atoms with Gasteiger partial charge in [-0.25, -0.2) is 0 Å². The lowest BCUT2D eigenvalue weighted by atomic mass is 9.92. The molecule has 0 radical (unpaired) electrons. The fourth-order valence-electron chi connectivity index (χ4n) is 4.95. The molecule has 0 aromatic heterocycles. The van der Waals surface area contributed by atoms with Crippen LogP contribution in [0, 0.1) is 0 Å². The number of hydrogen-bond donors (Lipinski definition) is 1. The third-order valence-corrected chi connectivity index (χ3v) is 6.91. The lowest BCUT2D eigenvalue weighted by Gasteiger charge is -2.47. The topological polar surface area (TPSA) is 47.0 Å². The molecule has 1 aliphatic heterocycles. The molecule has 1 N–H and O–H groups in total. The van der Waals surface area contributed by atoms with Crippen LogP contribution in [0.2, 0.25) is 0 Å². The van der Waals surface area contributed by atoms with Gasteiger partial charge in [0.15, 0.2) is 0 Å². The van der Waals surface area contributed by atoms with Gasteiger partial charge < -0.3 is 10.0 Å². The van der Waals surface area contributed by atoms with Crippen LogP contribution in [0.3, 0.4) is 0 Å². The molecule has 0 unspecified atom stereocenters. The molecular formula is C27H35N3O2. The highest BCUT2D eigenvalue weighted by Gasteiger charge is 2.35. The van der Waals surface area contributed by atoms with Crippen LogP contribution in [-0.4, -0.2) is 70.5 Å². The second kappa shape index (κ2) is 9.47. The molecule has 2 fully saturated rings. The summed E-state index contributed by atoms with van der Waals surface area (Å²) in [6.45, 7) is 11.2. The summed E-state index contributed by atoms with van der Waals surface area (Å²) in [6.07, 6.45) is 4.16. The van der Waals surface area contributed by atoms with E-state index in [4.69, 9.17) is 0 Å². The third kappa shape index (κ3) is 4.74. The Morgan fingerprint density at radius 3 is 2.47 bits per heavy atom. The summed E-state index contributed by atoms with van der Waals surface area (Å²) in [7, 11) is 1.90. The Hall–Kier alpha value is -2.63. The number of benzene rings is 2. The van der Waals surface area contributed by atoms with Crippen LogP contribution in [-0.2, 0) is 0 Å². The van der Waals surface area contributed by atoms with E-state index in [9.17, 15) is 9.90 Å². The number of nitrogens with zero attached hydrogens (tertiary/aromatic N) is 3. The minimum Gasteiger partial charge on any atom is -0.508 e. The molecule has 1 heterocycles. The van der Waals surface area contributed by atoms with Crippen molar-refractivity contribution in [1.82, 2.24) is 14.7 Å². The van der Waals surface area contributed by atoms with E-state index in [2.05, 4.69) is 42.4 Å². The zero-order valence-corrected chi connectivity index (χ0v) is 19.4. The van der Waals surface area contributed by atoms with Gasteiger partial charge in [-0.05, 0) is 62.1 Å². The van der Waals surface area contributed by atoms with Gasteiger partial charge in [0.25, 0.3) is 5.91 Å². The highest BCUT2D eigenvalue weighted by molar-refractivity contribution is 5.94. The molecule has 1 amide bonds. The van der Waals surface area contributed by atoms with Crippen molar-refractivity contribution in [3.63, 3.8) is 0 Å². The van der Waals surface area contributed by atoms with Crippen molar-refractivity contribution in [2.75, 3.05) is 26.7 Å². The molecule has 170 valence electrons. The number of rotatable bonds is 7. The summed E-state index contributed by atoms with van der Waals surface area (Å²) in [6, 6.07) is 16.6. The van der Waals surface area contributed by atoms with Crippen LogP contribution >= 0.6 is 0 Å². The minimum absolute atomic E-state index is 0.0376. The Bertz CT molecular complexity index is 971. The second-order valence-electron chi connectivity index (χ2n) is 9.41. The van der Waals surface area contributed by atoms with Gasteiger partial charge in [0.1, 0.15) is 5.75 Å². The number of phenolic OH excluding ortho intramolecular Hbond substituents is 1. The molecule has 5 nitrogen and oxygen atoms in total. The lowest BCUT2D eigenvalue weighted by molar-refractivity contribution is 0.0306. The van der Waals surface area contributed by atoms with Gasteiger partial charge in [-0.3, -0.25) is 14.6 Å². The van der Waals surface area contributed by atoms with Gasteiger partial charge in [-0.15, -0.1) is 6.58 Å². The van der Waals surface area contributed by atoms with E-state index in [0.29, 0.717) is 18.1 Å². The van der Waals surface area contributed by atoms with Gasteiger partial charge in [-0.2, -0.15) is 0 Å². The standard InChI is InChI=1S/C27H35N3O2/c1-5-14-29-17-20(3)30(18-19(29)2)26(22-9-7-11-25(31)16-22)21-8-6-10-23(15-21)27(32)28(4)24-12-13-24/h5-11,15-16,19-20,24,26,31H,1,12-14,17-18H2,2-4H3/t19-,20+,26-/m1/s1. The first-order valence-electron chi connectivity index (χ1n) is 11.7. The predicted molar refractivity (Wildman–Crippen MR) is 129 cm³/mol. The van der Waals surface area contributed by atoms with Crippen LogP contribution in [0.15, 0.2) is 61.2 Å². The Kier molecular flexibility index (Phi) is 6.68. The molecule has 2 aromatic rings.